The van der Waals surface area contributed by atoms with E-state index in [-0.39, 0.29) is 17.7 Å². The number of halogens is 1. The van der Waals surface area contributed by atoms with E-state index in [1.165, 1.54) is 9.13 Å². The van der Waals surface area contributed by atoms with E-state index in [0.717, 1.165) is 17.7 Å². The quantitative estimate of drug-likeness (QED) is 0.546. The van der Waals surface area contributed by atoms with Crippen LogP contribution >= 0.6 is 11.6 Å². The van der Waals surface area contributed by atoms with E-state index in [2.05, 4.69) is 15.3 Å². The first-order valence-electron chi connectivity index (χ1n) is 10.3. The molecule has 2 aromatic heterocycles. The van der Waals surface area contributed by atoms with E-state index in [1.807, 2.05) is 6.92 Å². The summed E-state index contributed by atoms with van der Waals surface area (Å²) in [6.07, 6.45) is 1.59. The maximum Gasteiger partial charge on any atom is 0.330 e. The largest absolute Gasteiger partial charge is 0.330 e. The molecule has 11 heteroatoms. The molecule has 0 bridgehead atoms. The van der Waals surface area contributed by atoms with Gasteiger partial charge < -0.3 is 9.88 Å². The summed E-state index contributed by atoms with van der Waals surface area (Å²) in [6.45, 7) is 3.84. The second-order valence-corrected chi connectivity index (χ2v) is 8.42. The zero-order chi connectivity index (χ0) is 23.2. The van der Waals surface area contributed by atoms with E-state index in [1.54, 1.807) is 38.2 Å². The van der Waals surface area contributed by atoms with Crippen molar-refractivity contribution in [2.45, 2.75) is 45.3 Å². The Morgan fingerprint density at radius 3 is 2.62 bits per heavy atom. The minimum absolute atomic E-state index is 0.159. The first-order chi connectivity index (χ1) is 15.2. The van der Waals surface area contributed by atoms with Gasteiger partial charge in [-0.3, -0.25) is 24.0 Å². The highest BCUT2D eigenvalue weighted by Crippen LogP contribution is 2.31. The lowest BCUT2D eigenvalue weighted by molar-refractivity contribution is -0.131. The fourth-order valence-corrected chi connectivity index (χ4v) is 4.12. The van der Waals surface area contributed by atoms with Crippen molar-refractivity contribution >= 4 is 34.7 Å². The van der Waals surface area contributed by atoms with E-state index in [9.17, 15) is 19.2 Å². The molecule has 1 atom stereocenters. The molecule has 1 aliphatic heterocycles. The zero-order valence-electron chi connectivity index (χ0n) is 17.9. The maximum absolute atomic E-state index is 13.2. The number of urea groups is 1. The van der Waals surface area contributed by atoms with Crippen LogP contribution in [0.4, 0.5) is 4.79 Å². The molecule has 1 aliphatic rings. The molecule has 3 aromatic rings. The molecule has 0 saturated carbocycles. The molecule has 32 heavy (non-hydrogen) atoms. The van der Waals surface area contributed by atoms with Crippen molar-refractivity contribution < 1.29 is 9.59 Å². The molecule has 168 valence electrons. The number of aryl methyl sites for hydroxylation is 2. The van der Waals surface area contributed by atoms with Crippen molar-refractivity contribution in [3.8, 4) is 0 Å². The minimum atomic E-state index is -1.28. The van der Waals surface area contributed by atoms with Crippen molar-refractivity contribution in [2.24, 2.45) is 7.05 Å². The highest BCUT2D eigenvalue weighted by Gasteiger charge is 2.49. The first-order valence-corrected chi connectivity index (χ1v) is 10.6. The number of fused-ring (bicyclic) bond motifs is 1. The number of aromatic nitrogens is 4. The third-order valence-corrected chi connectivity index (χ3v) is 6.05. The van der Waals surface area contributed by atoms with Gasteiger partial charge in [0.15, 0.2) is 11.2 Å². The number of carbonyl (C=O) groups is 2. The van der Waals surface area contributed by atoms with Crippen molar-refractivity contribution in [3.05, 3.63) is 61.5 Å². The van der Waals surface area contributed by atoms with Gasteiger partial charge in [0.25, 0.3) is 11.5 Å². The normalized spacial score (nSPS) is 18.6. The third-order valence-electron chi connectivity index (χ3n) is 5.82. The van der Waals surface area contributed by atoms with Crippen LogP contribution in [0.15, 0.2) is 33.9 Å². The summed E-state index contributed by atoms with van der Waals surface area (Å²) in [5, 5.41) is 3.17. The summed E-state index contributed by atoms with van der Waals surface area (Å²) in [4.78, 5) is 58.6. The Bertz CT molecular complexity index is 1360. The molecule has 1 saturated heterocycles. The molecule has 1 fully saturated rings. The van der Waals surface area contributed by atoms with Gasteiger partial charge >= 0.3 is 11.7 Å². The predicted octanol–water partition coefficient (Wildman–Crippen LogP) is 1.84. The molecule has 0 aliphatic carbocycles. The number of benzene rings is 1. The number of H-pyrrole nitrogens is 1. The lowest BCUT2D eigenvalue weighted by Gasteiger charge is -2.22. The first kappa shape index (κ1) is 21.8. The lowest BCUT2D eigenvalue weighted by Crippen LogP contribution is -2.40. The fourth-order valence-electron chi connectivity index (χ4n) is 3.93. The van der Waals surface area contributed by atoms with Gasteiger partial charge in [0, 0.05) is 18.6 Å². The number of imide groups is 1. The fraction of sp³-hybridized carbons (Fsp3) is 0.381. The smallest absolute Gasteiger partial charge is 0.324 e. The number of amides is 3. The van der Waals surface area contributed by atoms with Crippen LogP contribution in [-0.4, -0.2) is 35.9 Å². The molecule has 3 heterocycles. The van der Waals surface area contributed by atoms with E-state index in [0.29, 0.717) is 23.0 Å². The number of nitrogens with one attached hydrogen (secondary N) is 2. The third kappa shape index (κ3) is 3.40. The second kappa shape index (κ2) is 7.94. The van der Waals surface area contributed by atoms with Crippen molar-refractivity contribution in [1.29, 1.82) is 0 Å². The lowest BCUT2D eigenvalue weighted by atomic mass is 9.92. The summed E-state index contributed by atoms with van der Waals surface area (Å²) in [6, 6.07) is 6.15. The molecule has 1 unspecified atom stereocenters. The average molecular weight is 459 g/mol. The van der Waals surface area contributed by atoms with Crippen LogP contribution in [0.3, 0.4) is 0 Å². The SMILES string of the molecule is CCCCn1c(=O)[nH]c(=O)c2c1nc(CN1C(=O)NC(C)(c3cccc(Cl)c3)C1=O)n2C. The number of carbonyl (C=O) groups excluding carboxylic acids is 2. The topological polar surface area (TPSA) is 122 Å². The number of aromatic amines is 1. The van der Waals surface area contributed by atoms with Gasteiger partial charge in [-0.1, -0.05) is 37.1 Å². The van der Waals surface area contributed by atoms with E-state index in [4.69, 9.17) is 11.6 Å². The van der Waals surface area contributed by atoms with Gasteiger partial charge in [-0.25, -0.2) is 14.6 Å². The van der Waals surface area contributed by atoms with Crippen LogP contribution in [-0.2, 0) is 30.5 Å². The zero-order valence-corrected chi connectivity index (χ0v) is 18.7. The maximum atomic E-state index is 13.2. The van der Waals surface area contributed by atoms with Crippen LogP contribution in [0, 0.1) is 0 Å². The van der Waals surface area contributed by atoms with Crippen LogP contribution in [0.25, 0.3) is 11.2 Å². The van der Waals surface area contributed by atoms with Crippen LogP contribution in [0.2, 0.25) is 5.02 Å². The molecule has 4 rings (SSSR count). The van der Waals surface area contributed by atoms with E-state index < -0.39 is 28.7 Å². The molecular formula is C21H23ClN6O4. The number of rotatable bonds is 6. The van der Waals surface area contributed by atoms with Crippen LogP contribution in [0.5, 0.6) is 0 Å². The van der Waals surface area contributed by atoms with Gasteiger partial charge in [0.1, 0.15) is 11.4 Å². The highest BCUT2D eigenvalue weighted by molar-refractivity contribution is 6.30. The Labute approximate surface area is 187 Å². The molecule has 0 radical (unpaired) electrons. The minimum Gasteiger partial charge on any atom is -0.324 e. The molecule has 1 aromatic carbocycles. The standard InChI is InChI=1S/C21H23ClN6O4/c1-4-5-9-27-16-15(17(29)24-19(27)31)26(3)14(23-16)11-28-18(30)21(2,25-20(28)32)12-7-6-8-13(22)10-12/h6-8,10H,4-5,9,11H2,1-3H3,(H,25,32)(H,24,29,31). The number of unbranched alkanes of at least 4 members (excludes halogenated alkanes) is 1. The van der Waals surface area contributed by atoms with Gasteiger partial charge in [0.05, 0.1) is 6.54 Å². The predicted molar refractivity (Wildman–Crippen MR) is 118 cm³/mol. The van der Waals surface area contributed by atoms with Gasteiger partial charge in [-0.15, -0.1) is 0 Å². The van der Waals surface area contributed by atoms with Gasteiger partial charge in [0.2, 0.25) is 0 Å². The summed E-state index contributed by atoms with van der Waals surface area (Å²) < 4.78 is 2.91. The molecule has 10 nitrogen and oxygen atoms in total. The Balaban J connectivity index is 1.74. The highest BCUT2D eigenvalue weighted by atomic mass is 35.5. The second-order valence-electron chi connectivity index (χ2n) is 7.98. The number of hydrogen-bond donors (Lipinski definition) is 2. The molecule has 3 amide bonds. The monoisotopic (exact) mass is 458 g/mol. The number of nitrogens with zero attached hydrogens (tertiary/aromatic N) is 4. The summed E-state index contributed by atoms with van der Waals surface area (Å²) in [5.74, 6) is -0.158. The van der Waals surface area contributed by atoms with E-state index >= 15 is 0 Å². The number of hydrogen-bond acceptors (Lipinski definition) is 5. The number of imidazole rings is 1. The molecule has 0 spiro atoms. The average Bonchev–Trinajstić information content (AvgIpc) is 3.17. The Hall–Kier alpha value is -3.40. The molecule has 2 N–H and O–H groups in total. The van der Waals surface area contributed by atoms with Crippen LogP contribution in [0.1, 0.15) is 38.1 Å². The summed E-state index contributed by atoms with van der Waals surface area (Å²) >= 11 is 6.07. The van der Waals surface area contributed by atoms with Crippen molar-refractivity contribution in [3.63, 3.8) is 0 Å². The van der Waals surface area contributed by atoms with Gasteiger partial charge in [-0.05, 0) is 31.0 Å². The summed E-state index contributed by atoms with van der Waals surface area (Å²) in [5.41, 5.74) is -1.40. The van der Waals surface area contributed by atoms with Crippen molar-refractivity contribution in [2.75, 3.05) is 0 Å². The Morgan fingerprint density at radius 2 is 1.94 bits per heavy atom. The Kier molecular flexibility index (Phi) is 5.41. The Morgan fingerprint density at radius 1 is 1.19 bits per heavy atom. The van der Waals surface area contributed by atoms with Gasteiger partial charge in [-0.2, -0.15) is 0 Å². The molecular weight excluding hydrogens is 436 g/mol. The van der Waals surface area contributed by atoms with Crippen molar-refractivity contribution in [1.82, 2.24) is 29.3 Å². The van der Waals surface area contributed by atoms with Crippen LogP contribution < -0.4 is 16.6 Å². The summed E-state index contributed by atoms with van der Waals surface area (Å²) in [7, 11) is 1.61.